The Kier molecular flexibility index (Phi) is 5.35. The minimum Gasteiger partial charge on any atom is -0.368 e. The lowest BCUT2D eigenvalue weighted by atomic mass is 9.90. The van der Waals surface area contributed by atoms with E-state index in [-0.39, 0.29) is 22.4 Å². The number of rotatable bonds is 6. The number of aryl methyl sites for hydroxylation is 1. The molecule has 2 aromatic carbocycles. The number of carbonyl (C=O) groups excluding carboxylic acids is 1. The Morgan fingerprint density at radius 3 is 2.62 bits per heavy atom. The molecule has 1 aliphatic heterocycles. The predicted molar refractivity (Wildman–Crippen MR) is 103 cm³/mol. The maximum Gasteiger partial charge on any atom is 0.269 e. The number of nitro benzene ring substituents is 1. The first-order valence-electron chi connectivity index (χ1n) is 9.08. The number of fused-ring (bicyclic) bond motifs is 1. The molecular weight excluding hydrogens is 328 g/mol. The summed E-state index contributed by atoms with van der Waals surface area (Å²) in [4.78, 5) is 25.7. The molecule has 0 bridgehead atoms. The van der Waals surface area contributed by atoms with E-state index in [2.05, 4.69) is 18.7 Å². The normalized spacial score (nSPS) is 16.4. The van der Waals surface area contributed by atoms with Crippen molar-refractivity contribution < 1.29 is 9.72 Å². The second-order valence-electron chi connectivity index (χ2n) is 7.30. The van der Waals surface area contributed by atoms with E-state index in [1.807, 2.05) is 36.4 Å². The van der Waals surface area contributed by atoms with Crippen molar-refractivity contribution in [2.24, 2.45) is 5.92 Å². The van der Waals surface area contributed by atoms with E-state index < -0.39 is 0 Å². The molecule has 136 valence electrons. The highest BCUT2D eigenvalue weighted by molar-refractivity contribution is 5.96. The minimum absolute atomic E-state index is 0.124. The minimum atomic E-state index is -0.349. The number of Topliss-reactive ketones (excluding diaryl/α,β-unsaturated/α-hetero) is 1. The lowest BCUT2D eigenvalue weighted by Crippen LogP contribution is -2.42. The van der Waals surface area contributed by atoms with Crippen molar-refractivity contribution in [3.8, 4) is 0 Å². The summed E-state index contributed by atoms with van der Waals surface area (Å²) in [5.41, 5.74) is 2.91. The number of non-ortho nitro benzene ring substituents is 1. The summed E-state index contributed by atoms with van der Waals surface area (Å²) < 4.78 is 0. The van der Waals surface area contributed by atoms with Crippen LogP contribution < -0.4 is 4.90 Å². The van der Waals surface area contributed by atoms with Crippen LogP contribution in [0, 0.1) is 16.0 Å². The Hall–Kier alpha value is -2.69. The van der Waals surface area contributed by atoms with Crippen molar-refractivity contribution in [2.45, 2.75) is 39.2 Å². The van der Waals surface area contributed by atoms with Gasteiger partial charge in [-0.1, -0.05) is 44.2 Å². The van der Waals surface area contributed by atoms with Crippen molar-refractivity contribution in [1.82, 2.24) is 0 Å². The molecular formula is C21H24N2O3. The van der Waals surface area contributed by atoms with E-state index in [1.54, 1.807) is 12.1 Å². The lowest BCUT2D eigenvalue weighted by Gasteiger charge is -2.40. The summed E-state index contributed by atoms with van der Waals surface area (Å²) in [6.07, 6.45) is 2.06. The van der Waals surface area contributed by atoms with Crippen LogP contribution in [-0.4, -0.2) is 23.3 Å². The number of nitrogens with zero attached hydrogens (tertiary/aromatic N) is 2. The second-order valence-corrected chi connectivity index (χ2v) is 7.30. The van der Waals surface area contributed by atoms with Crippen molar-refractivity contribution in [2.75, 3.05) is 11.4 Å². The van der Waals surface area contributed by atoms with Gasteiger partial charge >= 0.3 is 0 Å². The van der Waals surface area contributed by atoms with Gasteiger partial charge in [0.1, 0.15) is 0 Å². The number of ketones is 1. The first-order valence-corrected chi connectivity index (χ1v) is 9.08. The van der Waals surface area contributed by atoms with Crippen LogP contribution in [0.4, 0.5) is 11.4 Å². The van der Waals surface area contributed by atoms with E-state index in [4.69, 9.17) is 0 Å². The Morgan fingerprint density at radius 1 is 1.23 bits per heavy atom. The molecule has 0 N–H and O–H groups in total. The first-order chi connectivity index (χ1) is 12.5. The highest BCUT2D eigenvalue weighted by Crippen LogP contribution is 2.35. The number of hydrogen-bond donors (Lipinski definition) is 0. The van der Waals surface area contributed by atoms with Gasteiger partial charge in [0.05, 0.1) is 4.92 Å². The molecule has 0 fully saturated rings. The predicted octanol–water partition coefficient (Wildman–Crippen LogP) is 4.65. The highest BCUT2D eigenvalue weighted by atomic mass is 16.6. The zero-order valence-corrected chi connectivity index (χ0v) is 15.2. The maximum absolute atomic E-state index is 12.7. The molecule has 0 spiro atoms. The Morgan fingerprint density at radius 2 is 1.96 bits per heavy atom. The zero-order chi connectivity index (χ0) is 18.7. The molecule has 0 radical (unpaired) electrons. The third kappa shape index (κ3) is 3.93. The van der Waals surface area contributed by atoms with Gasteiger partial charge in [-0.25, -0.2) is 0 Å². The average Bonchev–Trinajstić information content (AvgIpc) is 2.63. The summed E-state index contributed by atoms with van der Waals surface area (Å²) in [7, 11) is 0. The summed E-state index contributed by atoms with van der Waals surface area (Å²) in [6, 6.07) is 14.6. The molecule has 1 unspecified atom stereocenters. The molecule has 1 atom stereocenters. The van der Waals surface area contributed by atoms with E-state index in [0.717, 1.165) is 36.2 Å². The second kappa shape index (κ2) is 7.68. The third-order valence-electron chi connectivity index (χ3n) is 4.85. The average molecular weight is 352 g/mol. The fraction of sp³-hybridized carbons (Fsp3) is 0.381. The monoisotopic (exact) mass is 352 g/mol. The molecule has 0 saturated carbocycles. The van der Waals surface area contributed by atoms with E-state index in [9.17, 15) is 14.9 Å². The Labute approximate surface area is 153 Å². The zero-order valence-electron chi connectivity index (χ0n) is 15.2. The largest absolute Gasteiger partial charge is 0.368 e. The molecule has 5 heteroatoms. The molecule has 1 aliphatic rings. The van der Waals surface area contributed by atoms with Crippen molar-refractivity contribution >= 4 is 17.2 Å². The number of anilines is 1. The number of carbonyl (C=O) groups is 1. The van der Waals surface area contributed by atoms with Crippen LogP contribution in [-0.2, 0) is 6.42 Å². The fourth-order valence-electron chi connectivity index (χ4n) is 3.65. The molecule has 2 aromatic rings. The maximum atomic E-state index is 12.7. The molecule has 1 heterocycles. The molecule has 3 rings (SSSR count). The van der Waals surface area contributed by atoms with E-state index in [1.165, 1.54) is 0 Å². The van der Waals surface area contributed by atoms with Gasteiger partial charge in [0.15, 0.2) is 5.78 Å². The van der Waals surface area contributed by atoms with Crippen LogP contribution in [0.3, 0.4) is 0 Å². The molecule has 26 heavy (non-hydrogen) atoms. The van der Waals surface area contributed by atoms with E-state index >= 15 is 0 Å². The standard InChI is InChI=1S/C21H24N2O3/c1-15(2)14-22-18(13-21(24)16-6-4-3-5-7-16)9-8-17-12-19(23(25)26)10-11-20(17)22/h3-7,10-12,15,18H,8-9,13-14H2,1-2H3. The van der Waals surface area contributed by atoms with Crippen LogP contribution in [0.5, 0.6) is 0 Å². The van der Waals surface area contributed by atoms with Crippen LogP contribution in [0.25, 0.3) is 0 Å². The quantitative estimate of drug-likeness (QED) is 0.431. The molecule has 0 amide bonds. The van der Waals surface area contributed by atoms with Crippen LogP contribution in [0.2, 0.25) is 0 Å². The van der Waals surface area contributed by atoms with Crippen LogP contribution in [0.15, 0.2) is 48.5 Å². The van der Waals surface area contributed by atoms with E-state index in [0.29, 0.717) is 12.3 Å². The number of hydrogen-bond acceptors (Lipinski definition) is 4. The molecule has 0 saturated heterocycles. The fourth-order valence-corrected chi connectivity index (χ4v) is 3.65. The van der Waals surface area contributed by atoms with Gasteiger partial charge in [-0.3, -0.25) is 14.9 Å². The van der Waals surface area contributed by atoms with Crippen molar-refractivity contribution in [3.05, 3.63) is 69.8 Å². The number of nitro groups is 1. The van der Waals surface area contributed by atoms with Crippen molar-refractivity contribution in [3.63, 3.8) is 0 Å². The Balaban J connectivity index is 1.86. The van der Waals surface area contributed by atoms with Crippen LogP contribution >= 0.6 is 0 Å². The SMILES string of the molecule is CC(C)CN1c2ccc([N+](=O)[O-])cc2CCC1CC(=O)c1ccccc1. The van der Waals surface area contributed by atoms with Gasteiger partial charge in [0, 0.05) is 42.4 Å². The lowest BCUT2D eigenvalue weighted by molar-refractivity contribution is -0.384. The van der Waals surface area contributed by atoms with Gasteiger partial charge in [-0.15, -0.1) is 0 Å². The highest BCUT2D eigenvalue weighted by Gasteiger charge is 2.29. The smallest absolute Gasteiger partial charge is 0.269 e. The molecule has 0 aliphatic carbocycles. The first kappa shape index (κ1) is 18.1. The Bertz CT molecular complexity index is 802. The third-order valence-corrected chi connectivity index (χ3v) is 4.85. The summed E-state index contributed by atoms with van der Waals surface area (Å²) in [6.45, 7) is 5.13. The summed E-state index contributed by atoms with van der Waals surface area (Å²) in [5.74, 6) is 0.584. The van der Waals surface area contributed by atoms with Gasteiger partial charge in [-0.2, -0.15) is 0 Å². The van der Waals surface area contributed by atoms with Crippen molar-refractivity contribution in [1.29, 1.82) is 0 Å². The van der Waals surface area contributed by atoms with Crippen LogP contribution in [0.1, 0.15) is 42.6 Å². The van der Waals surface area contributed by atoms with Gasteiger partial charge < -0.3 is 4.90 Å². The van der Waals surface area contributed by atoms with Gasteiger partial charge in [0.25, 0.3) is 5.69 Å². The van der Waals surface area contributed by atoms with Gasteiger partial charge in [-0.05, 0) is 30.4 Å². The summed E-state index contributed by atoms with van der Waals surface area (Å²) >= 11 is 0. The molecule has 0 aromatic heterocycles. The van der Waals surface area contributed by atoms with Gasteiger partial charge in [0.2, 0.25) is 0 Å². The summed E-state index contributed by atoms with van der Waals surface area (Å²) in [5, 5.41) is 11.1. The number of benzene rings is 2. The topological polar surface area (TPSA) is 63.4 Å². The molecule has 5 nitrogen and oxygen atoms in total.